The minimum atomic E-state index is -0.162. The van der Waals surface area contributed by atoms with Crippen LogP contribution < -0.4 is 5.32 Å². The van der Waals surface area contributed by atoms with E-state index in [1.165, 1.54) is 0 Å². The van der Waals surface area contributed by atoms with E-state index >= 15 is 0 Å². The molecule has 7 heteroatoms. The summed E-state index contributed by atoms with van der Waals surface area (Å²) < 4.78 is 7.17. The number of fused-ring (bicyclic) bond motifs is 1. The molecule has 3 aromatic heterocycles. The number of nitrogens with one attached hydrogen (secondary N) is 1. The van der Waals surface area contributed by atoms with Gasteiger partial charge in [0.05, 0.1) is 22.9 Å². The molecule has 0 aliphatic carbocycles. The van der Waals surface area contributed by atoms with Gasteiger partial charge in [0.2, 0.25) is 0 Å². The minimum Gasteiger partial charge on any atom is -0.379 e. The summed E-state index contributed by atoms with van der Waals surface area (Å²) in [5.74, 6) is -0.162. The molecular formula is C17H20N4O2S. The molecule has 3 rings (SSSR count). The second kappa shape index (κ2) is 7.55. The van der Waals surface area contributed by atoms with Crippen LogP contribution in [-0.4, -0.2) is 39.8 Å². The Bertz CT molecular complexity index is 811. The molecule has 3 heterocycles. The summed E-state index contributed by atoms with van der Waals surface area (Å²) in [5, 5.41) is 9.25. The van der Waals surface area contributed by atoms with Crippen molar-refractivity contribution in [3.63, 3.8) is 0 Å². The van der Waals surface area contributed by atoms with Crippen LogP contribution in [0.3, 0.4) is 0 Å². The smallest absolute Gasteiger partial charge is 0.256 e. The molecule has 1 amide bonds. The molecule has 0 atom stereocenters. The second-order valence-electron chi connectivity index (χ2n) is 5.63. The first-order chi connectivity index (χ1) is 11.7. The fourth-order valence-corrected chi connectivity index (χ4v) is 3.09. The highest BCUT2D eigenvalue weighted by molar-refractivity contribution is 7.13. The summed E-state index contributed by atoms with van der Waals surface area (Å²) in [7, 11) is 0. The number of aromatic nitrogens is 3. The molecule has 0 aliphatic heterocycles. The molecule has 0 aromatic carbocycles. The lowest BCUT2D eigenvalue weighted by Gasteiger charge is -2.08. The first-order valence-corrected chi connectivity index (χ1v) is 8.81. The van der Waals surface area contributed by atoms with Crippen LogP contribution in [0.1, 0.15) is 30.6 Å². The van der Waals surface area contributed by atoms with Crippen molar-refractivity contribution in [1.82, 2.24) is 19.9 Å². The lowest BCUT2D eigenvalue weighted by atomic mass is 10.3. The molecule has 0 aliphatic rings. The zero-order valence-corrected chi connectivity index (χ0v) is 14.5. The summed E-state index contributed by atoms with van der Waals surface area (Å²) in [6.45, 7) is 5.18. The molecule has 3 aromatic rings. The lowest BCUT2D eigenvalue weighted by molar-refractivity contribution is 0.0757. The average Bonchev–Trinajstić information content (AvgIpc) is 3.23. The summed E-state index contributed by atoms with van der Waals surface area (Å²) >= 11 is 1.63. The lowest BCUT2D eigenvalue weighted by Crippen LogP contribution is -2.25. The van der Waals surface area contributed by atoms with Crippen LogP contribution in [0.2, 0.25) is 0 Å². The molecule has 6 nitrogen and oxygen atoms in total. The van der Waals surface area contributed by atoms with Crippen molar-refractivity contribution >= 4 is 22.9 Å². The summed E-state index contributed by atoms with van der Waals surface area (Å²) in [4.78, 5) is 17.8. The van der Waals surface area contributed by atoms with E-state index in [-0.39, 0.29) is 12.0 Å². The Kier molecular flexibility index (Phi) is 5.22. The predicted molar refractivity (Wildman–Crippen MR) is 94.3 cm³/mol. The van der Waals surface area contributed by atoms with E-state index in [0.29, 0.717) is 24.4 Å². The standard InChI is InChI=1S/C17H20N4O2S/c1-12(2)23-9-4-7-19-17(22)13-11-20-21-14(6-8-18-16(13)21)15-5-3-10-24-15/h3,5-6,8,10-12H,4,7,9H2,1-2H3,(H,19,22). The summed E-state index contributed by atoms with van der Waals surface area (Å²) in [6, 6.07) is 5.91. The normalized spacial score (nSPS) is 11.3. The first-order valence-electron chi connectivity index (χ1n) is 7.93. The monoisotopic (exact) mass is 344 g/mol. The van der Waals surface area contributed by atoms with Gasteiger partial charge >= 0.3 is 0 Å². The van der Waals surface area contributed by atoms with Crippen molar-refractivity contribution in [2.24, 2.45) is 0 Å². The third kappa shape index (κ3) is 3.63. The van der Waals surface area contributed by atoms with Gasteiger partial charge in [0.25, 0.3) is 5.91 Å². The van der Waals surface area contributed by atoms with Gasteiger partial charge in [-0.2, -0.15) is 5.10 Å². The molecule has 24 heavy (non-hydrogen) atoms. The van der Waals surface area contributed by atoms with Crippen molar-refractivity contribution in [2.75, 3.05) is 13.2 Å². The number of hydrogen-bond acceptors (Lipinski definition) is 5. The van der Waals surface area contributed by atoms with Crippen LogP contribution in [0.15, 0.2) is 36.0 Å². The van der Waals surface area contributed by atoms with Crippen LogP contribution in [0.25, 0.3) is 16.2 Å². The van der Waals surface area contributed by atoms with E-state index in [1.807, 2.05) is 37.4 Å². The van der Waals surface area contributed by atoms with Gasteiger partial charge in [-0.15, -0.1) is 11.3 Å². The third-order valence-electron chi connectivity index (χ3n) is 3.48. The van der Waals surface area contributed by atoms with Crippen molar-refractivity contribution < 1.29 is 9.53 Å². The maximum Gasteiger partial charge on any atom is 0.256 e. The molecule has 1 N–H and O–H groups in total. The maximum atomic E-state index is 12.4. The number of nitrogens with zero attached hydrogens (tertiary/aromatic N) is 3. The van der Waals surface area contributed by atoms with Gasteiger partial charge in [-0.3, -0.25) is 4.79 Å². The van der Waals surface area contributed by atoms with Gasteiger partial charge in [-0.1, -0.05) is 6.07 Å². The highest BCUT2D eigenvalue weighted by Gasteiger charge is 2.16. The van der Waals surface area contributed by atoms with Crippen LogP contribution >= 0.6 is 11.3 Å². The van der Waals surface area contributed by atoms with Gasteiger partial charge in [0.1, 0.15) is 5.56 Å². The molecule has 0 radical (unpaired) electrons. The van der Waals surface area contributed by atoms with Crippen molar-refractivity contribution in [3.8, 4) is 10.6 Å². The molecule has 0 saturated heterocycles. The fourth-order valence-electron chi connectivity index (χ4n) is 2.35. The molecule has 0 bridgehead atoms. The van der Waals surface area contributed by atoms with E-state index in [1.54, 1.807) is 28.2 Å². The SMILES string of the molecule is CC(C)OCCCNC(=O)c1cnn2c(-c3cccs3)ccnc12. The number of carbonyl (C=O) groups is 1. The Morgan fingerprint density at radius 3 is 3.04 bits per heavy atom. The zero-order valence-electron chi connectivity index (χ0n) is 13.7. The number of ether oxygens (including phenoxy) is 1. The van der Waals surface area contributed by atoms with Crippen molar-refractivity contribution in [1.29, 1.82) is 0 Å². The minimum absolute atomic E-state index is 0.162. The second-order valence-corrected chi connectivity index (χ2v) is 6.58. The number of thiophene rings is 1. The van der Waals surface area contributed by atoms with Gasteiger partial charge in [0, 0.05) is 19.3 Å². The van der Waals surface area contributed by atoms with Crippen LogP contribution in [0, 0.1) is 0 Å². The predicted octanol–water partition coefficient (Wildman–Crippen LogP) is 3.00. The molecule has 0 fully saturated rings. The van der Waals surface area contributed by atoms with E-state index in [4.69, 9.17) is 4.74 Å². The van der Waals surface area contributed by atoms with E-state index < -0.39 is 0 Å². The van der Waals surface area contributed by atoms with Crippen molar-refractivity contribution in [3.05, 3.63) is 41.5 Å². The topological polar surface area (TPSA) is 68.5 Å². The molecule has 0 spiro atoms. The Morgan fingerprint density at radius 2 is 2.29 bits per heavy atom. The quantitative estimate of drug-likeness (QED) is 0.669. The summed E-state index contributed by atoms with van der Waals surface area (Å²) in [5.41, 5.74) is 1.98. The number of rotatable bonds is 7. The molecular weight excluding hydrogens is 324 g/mol. The average molecular weight is 344 g/mol. The van der Waals surface area contributed by atoms with Gasteiger partial charge in [0.15, 0.2) is 5.65 Å². The van der Waals surface area contributed by atoms with E-state index in [9.17, 15) is 4.79 Å². The van der Waals surface area contributed by atoms with Gasteiger partial charge < -0.3 is 10.1 Å². The van der Waals surface area contributed by atoms with Crippen LogP contribution in [0.4, 0.5) is 0 Å². The Hall–Kier alpha value is -2.25. The fraction of sp³-hybridized carbons (Fsp3) is 0.353. The highest BCUT2D eigenvalue weighted by atomic mass is 32.1. The number of amides is 1. The Labute approximate surface area is 144 Å². The third-order valence-corrected chi connectivity index (χ3v) is 4.37. The van der Waals surface area contributed by atoms with E-state index in [0.717, 1.165) is 17.0 Å². The molecule has 0 saturated carbocycles. The Balaban J connectivity index is 1.71. The molecule has 126 valence electrons. The summed E-state index contributed by atoms with van der Waals surface area (Å²) in [6.07, 6.45) is 4.26. The maximum absolute atomic E-state index is 12.4. The number of carbonyl (C=O) groups excluding carboxylic acids is 1. The first kappa shape index (κ1) is 16.6. The van der Waals surface area contributed by atoms with Crippen LogP contribution in [-0.2, 0) is 4.74 Å². The molecule has 0 unspecified atom stereocenters. The van der Waals surface area contributed by atoms with Gasteiger partial charge in [-0.25, -0.2) is 9.50 Å². The van der Waals surface area contributed by atoms with E-state index in [2.05, 4.69) is 15.4 Å². The van der Waals surface area contributed by atoms with Crippen molar-refractivity contribution in [2.45, 2.75) is 26.4 Å². The zero-order chi connectivity index (χ0) is 16.9. The number of hydrogen-bond donors (Lipinski definition) is 1. The van der Waals surface area contributed by atoms with Crippen LogP contribution in [0.5, 0.6) is 0 Å². The highest BCUT2D eigenvalue weighted by Crippen LogP contribution is 2.25. The largest absolute Gasteiger partial charge is 0.379 e. The van der Waals surface area contributed by atoms with Gasteiger partial charge in [-0.05, 0) is 37.8 Å². The Morgan fingerprint density at radius 1 is 1.42 bits per heavy atom.